The lowest BCUT2D eigenvalue weighted by atomic mass is 10.0. The van der Waals surface area contributed by atoms with Crippen molar-refractivity contribution in [2.75, 3.05) is 0 Å². The van der Waals surface area contributed by atoms with Gasteiger partial charge in [-0.15, -0.1) is 0 Å². The normalized spacial score (nSPS) is 16.2. The molecule has 2 aromatic rings. The molecule has 0 bridgehead atoms. The Morgan fingerprint density at radius 1 is 1.26 bits per heavy atom. The van der Waals surface area contributed by atoms with E-state index in [0.717, 1.165) is 18.1 Å². The van der Waals surface area contributed by atoms with Crippen molar-refractivity contribution in [2.24, 2.45) is 0 Å². The molecular formula is C19H13ClF3O4-. The number of rotatable bonds is 4. The van der Waals surface area contributed by atoms with Gasteiger partial charge in [0, 0.05) is 17.2 Å². The van der Waals surface area contributed by atoms with Crippen LogP contribution in [0.4, 0.5) is 13.2 Å². The van der Waals surface area contributed by atoms with Gasteiger partial charge in [0.2, 0.25) is 6.10 Å². The van der Waals surface area contributed by atoms with E-state index in [9.17, 15) is 23.1 Å². The van der Waals surface area contributed by atoms with Crippen molar-refractivity contribution in [3.05, 3.63) is 58.1 Å². The first kappa shape index (κ1) is 19.1. The molecule has 0 saturated carbocycles. The molecule has 27 heavy (non-hydrogen) atoms. The highest BCUT2D eigenvalue weighted by atomic mass is 35.5. The number of carboxylic acids is 1. The predicted octanol–water partition coefficient (Wildman–Crippen LogP) is 4.15. The number of carbonyl (C=O) groups is 1. The van der Waals surface area contributed by atoms with Crippen LogP contribution in [-0.2, 0) is 11.2 Å². The topological polar surface area (TPSA) is 58.6 Å². The summed E-state index contributed by atoms with van der Waals surface area (Å²) in [7, 11) is 0. The van der Waals surface area contributed by atoms with Gasteiger partial charge < -0.3 is 19.4 Å². The van der Waals surface area contributed by atoms with Crippen LogP contribution in [0.1, 0.15) is 18.1 Å². The molecule has 8 heteroatoms. The third kappa shape index (κ3) is 4.03. The second-order valence-electron chi connectivity index (χ2n) is 5.85. The Hall–Kier alpha value is -2.67. The maximum atomic E-state index is 13.1. The fourth-order valence-electron chi connectivity index (χ4n) is 2.61. The number of ether oxygens (including phenoxy) is 2. The van der Waals surface area contributed by atoms with Gasteiger partial charge >= 0.3 is 6.18 Å². The summed E-state index contributed by atoms with van der Waals surface area (Å²) < 4.78 is 49.9. The summed E-state index contributed by atoms with van der Waals surface area (Å²) in [5.41, 5.74) is 0.165. The van der Waals surface area contributed by atoms with E-state index >= 15 is 0 Å². The van der Waals surface area contributed by atoms with Gasteiger partial charge in [-0.1, -0.05) is 30.7 Å². The summed E-state index contributed by atoms with van der Waals surface area (Å²) in [5, 5.41) is 11.1. The van der Waals surface area contributed by atoms with Gasteiger partial charge in [-0.3, -0.25) is 0 Å². The molecular weight excluding hydrogens is 385 g/mol. The summed E-state index contributed by atoms with van der Waals surface area (Å²) in [4.78, 5) is 11.0. The smallest absolute Gasteiger partial charge is 0.429 e. The van der Waals surface area contributed by atoms with E-state index in [1.54, 1.807) is 12.1 Å². The second kappa shape index (κ2) is 7.15. The Bertz CT molecular complexity index is 904. The number of hydrogen-bond donors (Lipinski definition) is 0. The quantitative estimate of drug-likeness (QED) is 0.777. The number of aliphatic carboxylic acids is 1. The monoisotopic (exact) mass is 397 g/mol. The van der Waals surface area contributed by atoms with E-state index in [1.807, 2.05) is 19.1 Å². The molecule has 1 unspecified atom stereocenters. The highest BCUT2D eigenvalue weighted by Crippen LogP contribution is 2.42. The van der Waals surface area contributed by atoms with Gasteiger partial charge in [0.15, 0.2) is 0 Å². The van der Waals surface area contributed by atoms with Crippen molar-refractivity contribution in [3.63, 3.8) is 0 Å². The van der Waals surface area contributed by atoms with Gasteiger partial charge in [0.1, 0.15) is 17.2 Å². The van der Waals surface area contributed by atoms with Crippen LogP contribution in [0, 0.1) is 0 Å². The highest BCUT2D eigenvalue weighted by molar-refractivity contribution is 6.32. The van der Waals surface area contributed by atoms with Gasteiger partial charge in [0.25, 0.3) is 0 Å². The predicted molar refractivity (Wildman–Crippen MR) is 90.8 cm³/mol. The summed E-state index contributed by atoms with van der Waals surface area (Å²) in [6.45, 7) is 2.00. The van der Waals surface area contributed by atoms with Crippen molar-refractivity contribution in [1.29, 1.82) is 0 Å². The largest absolute Gasteiger partial charge is 0.545 e. The Balaban J connectivity index is 1.97. The van der Waals surface area contributed by atoms with E-state index in [2.05, 4.69) is 0 Å². The molecule has 142 valence electrons. The number of hydrogen-bond acceptors (Lipinski definition) is 4. The molecule has 2 aromatic carbocycles. The Morgan fingerprint density at radius 2 is 1.93 bits per heavy atom. The van der Waals surface area contributed by atoms with Crippen molar-refractivity contribution < 1.29 is 32.5 Å². The zero-order valence-electron chi connectivity index (χ0n) is 14.0. The van der Waals surface area contributed by atoms with Crippen molar-refractivity contribution >= 4 is 23.6 Å². The highest BCUT2D eigenvalue weighted by Gasteiger charge is 2.46. The summed E-state index contributed by atoms with van der Waals surface area (Å²) in [6.07, 6.45) is -5.86. The van der Waals surface area contributed by atoms with Crippen LogP contribution >= 0.6 is 11.6 Å². The molecule has 1 heterocycles. The van der Waals surface area contributed by atoms with Gasteiger partial charge in [-0.25, -0.2) is 0 Å². The van der Waals surface area contributed by atoms with E-state index in [0.29, 0.717) is 5.75 Å². The van der Waals surface area contributed by atoms with Crippen LogP contribution in [0.3, 0.4) is 0 Å². The first-order chi connectivity index (χ1) is 12.7. The zero-order chi connectivity index (χ0) is 19.8. The number of aryl methyl sites for hydroxylation is 1. The van der Waals surface area contributed by atoms with Crippen LogP contribution < -0.4 is 14.6 Å². The van der Waals surface area contributed by atoms with E-state index in [1.165, 1.54) is 12.1 Å². The van der Waals surface area contributed by atoms with Crippen molar-refractivity contribution in [3.8, 4) is 17.2 Å². The third-order valence-corrected chi connectivity index (χ3v) is 4.29. The molecule has 1 atom stereocenters. The lowest BCUT2D eigenvalue weighted by Gasteiger charge is -2.29. The second-order valence-corrected chi connectivity index (χ2v) is 6.25. The Morgan fingerprint density at radius 3 is 2.48 bits per heavy atom. The minimum atomic E-state index is -4.92. The van der Waals surface area contributed by atoms with E-state index < -0.39 is 23.8 Å². The van der Waals surface area contributed by atoms with Gasteiger partial charge in [-0.05, 0) is 36.3 Å². The molecule has 0 N–H and O–H groups in total. The number of fused-ring (bicyclic) bond motifs is 1. The van der Waals surface area contributed by atoms with Crippen LogP contribution in [0.5, 0.6) is 17.2 Å². The maximum absolute atomic E-state index is 13.1. The molecule has 0 saturated heterocycles. The molecule has 1 aliphatic heterocycles. The Kier molecular flexibility index (Phi) is 5.06. The van der Waals surface area contributed by atoms with Crippen molar-refractivity contribution in [1.82, 2.24) is 0 Å². The van der Waals surface area contributed by atoms with E-state index in [4.69, 9.17) is 21.1 Å². The minimum absolute atomic E-state index is 0.0888. The lowest BCUT2D eigenvalue weighted by Crippen LogP contribution is -2.44. The summed E-state index contributed by atoms with van der Waals surface area (Å²) in [5.74, 6) is -1.61. The van der Waals surface area contributed by atoms with Crippen LogP contribution in [0.2, 0.25) is 5.02 Å². The molecule has 3 rings (SSSR count). The number of carboxylic acid groups (broad SMARTS) is 1. The number of benzene rings is 2. The number of alkyl halides is 3. The SMILES string of the molecule is CCc1ccc(Oc2cc3c(cc2Cl)C=C(C(=O)[O-])C(C(F)(F)F)O3)cc1. The molecule has 0 fully saturated rings. The van der Waals surface area contributed by atoms with Crippen molar-refractivity contribution in [2.45, 2.75) is 25.6 Å². The van der Waals surface area contributed by atoms with Crippen LogP contribution in [0.25, 0.3) is 6.08 Å². The summed E-state index contributed by atoms with van der Waals surface area (Å²) >= 11 is 6.13. The lowest BCUT2D eigenvalue weighted by molar-refractivity contribution is -0.302. The standard InChI is InChI=1S/C19H14ClF3O4/c1-2-10-3-5-12(6-4-10)26-16-9-15-11(8-14(16)20)7-13(18(24)25)17(27-15)19(21,22)23/h3-9,17H,2H2,1H3,(H,24,25)/p-1. The average Bonchev–Trinajstić information content (AvgIpc) is 2.61. The van der Waals surface area contributed by atoms with Crippen LogP contribution in [-0.4, -0.2) is 18.2 Å². The third-order valence-electron chi connectivity index (χ3n) is 4.00. The fourth-order valence-corrected chi connectivity index (χ4v) is 2.82. The first-order valence-electron chi connectivity index (χ1n) is 7.95. The van der Waals surface area contributed by atoms with Gasteiger partial charge in [0.05, 0.1) is 11.0 Å². The fraction of sp³-hybridized carbons (Fsp3) is 0.211. The minimum Gasteiger partial charge on any atom is -0.545 e. The zero-order valence-corrected chi connectivity index (χ0v) is 14.7. The number of carbonyl (C=O) groups excluding carboxylic acids is 1. The van der Waals surface area contributed by atoms with Gasteiger partial charge in [-0.2, -0.15) is 13.2 Å². The first-order valence-corrected chi connectivity index (χ1v) is 8.33. The molecule has 4 nitrogen and oxygen atoms in total. The maximum Gasteiger partial charge on any atom is 0.429 e. The Labute approximate surface area is 157 Å². The molecule has 0 aromatic heterocycles. The number of halogens is 4. The molecule has 0 radical (unpaired) electrons. The molecule has 0 aliphatic carbocycles. The molecule has 1 aliphatic rings. The average molecular weight is 398 g/mol. The summed E-state index contributed by atoms with van der Waals surface area (Å²) in [6, 6.07) is 9.61. The molecule has 0 spiro atoms. The van der Waals surface area contributed by atoms with E-state index in [-0.39, 0.29) is 22.1 Å². The van der Waals surface area contributed by atoms with Crippen LogP contribution in [0.15, 0.2) is 42.0 Å². The molecule has 0 amide bonds.